The van der Waals surface area contributed by atoms with Gasteiger partial charge in [-0.1, -0.05) is 12.1 Å². The van der Waals surface area contributed by atoms with Gasteiger partial charge in [-0.05, 0) is 26.0 Å². The van der Waals surface area contributed by atoms with Gasteiger partial charge in [0.15, 0.2) is 0 Å². The van der Waals surface area contributed by atoms with Crippen molar-refractivity contribution in [3.05, 3.63) is 30.1 Å². The van der Waals surface area contributed by atoms with Crippen LogP contribution in [0.15, 0.2) is 29.2 Å². The number of carbonyl (C=O) groups is 2. The summed E-state index contributed by atoms with van der Waals surface area (Å²) in [6.07, 6.45) is 0. The van der Waals surface area contributed by atoms with Gasteiger partial charge >= 0.3 is 5.97 Å². The number of rotatable bonds is 5. The van der Waals surface area contributed by atoms with Gasteiger partial charge in [-0.3, -0.25) is 4.79 Å². The molecule has 0 atom stereocenters. The maximum absolute atomic E-state index is 13.3. The van der Waals surface area contributed by atoms with Crippen molar-refractivity contribution in [3.63, 3.8) is 0 Å². The van der Waals surface area contributed by atoms with E-state index in [2.05, 4.69) is 5.32 Å². The maximum atomic E-state index is 13.3. The van der Waals surface area contributed by atoms with Gasteiger partial charge in [0.1, 0.15) is 11.4 Å². The molecule has 6 heteroatoms. The molecule has 98 valence electrons. The molecule has 1 rings (SSSR count). The number of carboxylic acid groups (broad SMARTS) is 1. The Morgan fingerprint density at radius 1 is 1.39 bits per heavy atom. The van der Waals surface area contributed by atoms with Crippen LogP contribution in [0.5, 0.6) is 0 Å². The van der Waals surface area contributed by atoms with E-state index in [1.807, 2.05) is 0 Å². The molecule has 0 aliphatic heterocycles. The van der Waals surface area contributed by atoms with E-state index in [0.29, 0.717) is 4.90 Å². The normalized spacial score (nSPS) is 11.1. The Morgan fingerprint density at radius 3 is 2.56 bits per heavy atom. The number of benzene rings is 1. The van der Waals surface area contributed by atoms with Crippen LogP contribution >= 0.6 is 11.8 Å². The Hall–Kier alpha value is -1.56. The molecule has 0 saturated carbocycles. The molecule has 1 amide bonds. The molecule has 18 heavy (non-hydrogen) atoms. The SMILES string of the molecule is CC(C)(NC(=O)CSc1ccccc1F)C(=O)O. The molecule has 0 aliphatic rings. The maximum Gasteiger partial charge on any atom is 0.328 e. The van der Waals surface area contributed by atoms with Crippen molar-refractivity contribution in [2.75, 3.05) is 5.75 Å². The van der Waals surface area contributed by atoms with Crippen molar-refractivity contribution >= 4 is 23.6 Å². The lowest BCUT2D eigenvalue weighted by Gasteiger charge is -2.20. The number of carboxylic acids is 1. The van der Waals surface area contributed by atoms with Gasteiger partial charge < -0.3 is 10.4 Å². The highest BCUT2D eigenvalue weighted by Crippen LogP contribution is 2.20. The van der Waals surface area contributed by atoms with Gasteiger partial charge in [0, 0.05) is 4.90 Å². The van der Waals surface area contributed by atoms with Crippen molar-refractivity contribution in [2.24, 2.45) is 0 Å². The summed E-state index contributed by atoms with van der Waals surface area (Å²) in [4.78, 5) is 22.7. The van der Waals surface area contributed by atoms with Crippen LogP contribution in [0.25, 0.3) is 0 Å². The van der Waals surface area contributed by atoms with Gasteiger partial charge in [0.2, 0.25) is 5.91 Å². The zero-order chi connectivity index (χ0) is 13.8. The van der Waals surface area contributed by atoms with Crippen molar-refractivity contribution in [1.82, 2.24) is 5.32 Å². The summed E-state index contributed by atoms with van der Waals surface area (Å²) >= 11 is 1.03. The average molecular weight is 271 g/mol. The summed E-state index contributed by atoms with van der Waals surface area (Å²) in [5.74, 6) is -1.99. The Morgan fingerprint density at radius 2 is 2.00 bits per heavy atom. The predicted molar refractivity (Wildman–Crippen MR) is 67.0 cm³/mol. The third-order valence-electron chi connectivity index (χ3n) is 2.18. The molecule has 1 aromatic carbocycles. The van der Waals surface area contributed by atoms with Crippen LogP contribution in [0.1, 0.15) is 13.8 Å². The Balaban J connectivity index is 2.53. The zero-order valence-electron chi connectivity index (χ0n) is 10.1. The van der Waals surface area contributed by atoms with Gasteiger partial charge in [0.25, 0.3) is 0 Å². The molecule has 1 aromatic rings. The quantitative estimate of drug-likeness (QED) is 0.803. The zero-order valence-corrected chi connectivity index (χ0v) is 10.9. The third-order valence-corrected chi connectivity index (χ3v) is 3.23. The molecule has 0 aliphatic carbocycles. The predicted octanol–water partition coefficient (Wildman–Crippen LogP) is 1.90. The van der Waals surface area contributed by atoms with Gasteiger partial charge in [-0.15, -0.1) is 11.8 Å². The highest BCUT2D eigenvalue weighted by molar-refractivity contribution is 8.00. The van der Waals surface area contributed by atoms with E-state index < -0.39 is 23.2 Å². The van der Waals surface area contributed by atoms with Crippen molar-refractivity contribution in [2.45, 2.75) is 24.3 Å². The first-order valence-electron chi connectivity index (χ1n) is 5.24. The number of amides is 1. The lowest BCUT2D eigenvalue weighted by atomic mass is 10.1. The minimum atomic E-state index is -1.33. The monoisotopic (exact) mass is 271 g/mol. The van der Waals surface area contributed by atoms with Crippen LogP contribution in [-0.4, -0.2) is 28.3 Å². The minimum Gasteiger partial charge on any atom is -0.480 e. The number of thioether (sulfide) groups is 1. The van der Waals surface area contributed by atoms with Crippen molar-refractivity contribution in [1.29, 1.82) is 0 Å². The lowest BCUT2D eigenvalue weighted by molar-refractivity contribution is -0.145. The van der Waals surface area contributed by atoms with E-state index >= 15 is 0 Å². The summed E-state index contributed by atoms with van der Waals surface area (Å²) in [5.41, 5.74) is -1.33. The average Bonchev–Trinajstić information content (AvgIpc) is 2.27. The fraction of sp³-hybridized carbons (Fsp3) is 0.333. The molecule has 0 unspecified atom stereocenters. The summed E-state index contributed by atoms with van der Waals surface area (Å²) < 4.78 is 13.3. The van der Waals surface area contributed by atoms with Crippen LogP contribution in [-0.2, 0) is 9.59 Å². The largest absolute Gasteiger partial charge is 0.480 e. The topological polar surface area (TPSA) is 66.4 Å². The van der Waals surface area contributed by atoms with Crippen LogP contribution in [0, 0.1) is 5.82 Å². The van der Waals surface area contributed by atoms with Crippen LogP contribution < -0.4 is 5.32 Å². The van der Waals surface area contributed by atoms with E-state index in [0.717, 1.165) is 11.8 Å². The van der Waals surface area contributed by atoms with Gasteiger partial charge in [-0.25, -0.2) is 9.18 Å². The second-order valence-corrected chi connectivity index (χ2v) is 5.21. The first-order chi connectivity index (χ1) is 8.33. The smallest absolute Gasteiger partial charge is 0.328 e. The molecule has 2 N–H and O–H groups in total. The van der Waals surface area contributed by atoms with Crippen LogP contribution in [0.3, 0.4) is 0 Å². The number of nitrogens with one attached hydrogen (secondary N) is 1. The minimum absolute atomic E-state index is 0.0301. The summed E-state index contributed by atoms with van der Waals surface area (Å²) in [6, 6.07) is 6.11. The van der Waals surface area contributed by atoms with Crippen LogP contribution in [0.4, 0.5) is 4.39 Å². The van der Waals surface area contributed by atoms with Gasteiger partial charge in [-0.2, -0.15) is 0 Å². The Kier molecular flexibility index (Phi) is 4.72. The summed E-state index contributed by atoms with van der Waals surface area (Å²) in [5, 5.41) is 11.2. The molecule has 0 radical (unpaired) electrons. The fourth-order valence-corrected chi connectivity index (χ4v) is 1.88. The molecule has 0 spiro atoms. The van der Waals surface area contributed by atoms with Crippen LogP contribution in [0.2, 0.25) is 0 Å². The number of hydrogen-bond acceptors (Lipinski definition) is 3. The second-order valence-electron chi connectivity index (χ2n) is 4.20. The highest BCUT2D eigenvalue weighted by Gasteiger charge is 2.28. The number of hydrogen-bond donors (Lipinski definition) is 2. The van der Waals surface area contributed by atoms with Gasteiger partial charge in [0.05, 0.1) is 5.75 Å². The summed E-state index contributed by atoms with van der Waals surface area (Å²) in [7, 11) is 0. The van der Waals surface area contributed by atoms with E-state index in [-0.39, 0.29) is 5.75 Å². The van der Waals surface area contributed by atoms with E-state index in [1.54, 1.807) is 18.2 Å². The standard InChI is InChI=1S/C12H14FNO3S/c1-12(2,11(16)17)14-10(15)7-18-9-6-4-3-5-8(9)13/h3-6H,7H2,1-2H3,(H,14,15)(H,16,17). The van der Waals surface area contributed by atoms with E-state index in [1.165, 1.54) is 19.9 Å². The molecule has 0 heterocycles. The molecule has 0 aromatic heterocycles. The Labute approximate surface area is 109 Å². The van der Waals surface area contributed by atoms with E-state index in [9.17, 15) is 14.0 Å². The first-order valence-corrected chi connectivity index (χ1v) is 6.23. The highest BCUT2D eigenvalue weighted by atomic mass is 32.2. The number of carbonyl (C=O) groups excluding carboxylic acids is 1. The van der Waals surface area contributed by atoms with Crippen molar-refractivity contribution in [3.8, 4) is 0 Å². The second kappa shape index (κ2) is 5.86. The molecule has 0 bridgehead atoms. The Bertz CT molecular complexity index is 462. The molecule has 4 nitrogen and oxygen atoms in total. The first kappa shape index (κ1) is 14.5. The van der Waals surface area contributed by atoms with E-state index in [4.69, 9.17) is 5.11 Å². The summed E-state index contributed by atoms with van der Waals surface area (Å²) in [6.45, 7) is 2.78. The lowest BCUT2D eigenvalue weighted by Crippen LogP contribution is -2.50. The fourth-order valence-electron chi connectivity index (χ4n) is 1.14. The number of halogens is 1. The molecular weight excluding hydrogens is 257 g/mol. The molecule has 0 fully saturated rings. The number of aliphatic carboxylic acids is 1. The third kappa shape index (κ3) is 4.03. The molecular formula is C12H14FNO3S. The van der Waals surface area contributed by atoms with Crippen molar-refractivity contribution < 1.29 is 19.1 Å². The molecule has 0 saturated heterocycles.